The molecule has 1 saturated carbocycles. The molecule has 0 heterocycles. The lowest BCUT2D eigenvalue weighted by atomic mass is 9.62. The zero-order valence-electron chi connectivity index (χ0n) is 13.9. The van der Waals surface area contributed by atoms with E-state index < -0.39 is 0 Å². The molecule has 1 nitrogen and oxygen atoms in total. The van der Waals surface area contributed by atoms with Crippen molar-refractivity contribution in [3.8, 4) is 0 Å². The van der Waals surface area contributed by atoms with Gasteiger partial charge in [0.1, 0.15) is 0 Å². The molecule has 114 valence electrons. The van der Waals surface area contributed by atoms with Gasteiger partial charge in [0, 0.05) is 0 Å². The Morgan fingerprint density at radius 2 is 1.58 bits per heavy atom. The second kappa shape index (κ2) is 7.67. The molecular weight excluding hydrogens is 230 g/mol. The number of hydrogen-bond donors (Lipinski definition) is 1. The van der Waals surface area contributed by atoms with E-state index in [0.29, 0.717) is 10.8 Å². The maximum absolute atomic E-state index is 6.13. The summed E-state index contributed by atoms with van der Waals surface area (Å²) in [5.74, 6) is 0.910. The monoisotopic (exact) mass is 267 g/mol. The van der Waals surface area contributed by atoms with Gasteiger partial charge >= 0.3 is 0 Å². The first-order valence-corrected chi connectivity index (χ1v) is 8.63. The Labute approximate surface area is 121 Å². The normalized spacial score (nSPS) is 28.6. The average molecular weight is 268 g/mol. The summed E-state index contributed by atoms with van der Waals surface area (Å²) in [5.41, 5.74) is 7.12. The zero-order chi connectivity index (χ0) is 14.4. The molecule has 0 atom stereocenters. The first-order chi connectivity index (χ1) is 8.93. The van der Waals surface area contributed by atoms with Crippen LogP contribution in [-0.4, -0.2) is 6.54 Å². The van der Waals surface area contributed by atoms with Crippen LogP contribution in [-0.2, 0) is 0 Å². The smallest absolute Gasteiger partial charge is 0.00205 e. The van der Waals surface area contributed by atoms with Crippen molar-refractivity contribution in [1.29, 1.82) is 0 Å². The topological polar surface area (TPSA) is 26.0 Å². The van der Waals surface area contributed by atoms with E-state index in [1.807, 2.05) is 0 Å². The summed E-state index contributed by atoms with van der Waals surface area (Å²) >= 11 is 0. The standard InChI is InChI=1S/C18H37N/c1-5-6-7-8-9-12-18(15-19)13-10-16(11-14-18)17(2,3)4/h16H,5-15,19H2,1-4H3. The van der Waals surface area contributed by atoms with Crippen LogP contribution in [0.2, 0.25) is 0 Å². The van der Waals surface area contributed by atoms with Gasteiger partial charge in [-0.3, -0.25) is 0 Å². The predicted molar refractivity (Wildman–Crippen MR) is 86.3 cm³/mol. The lowest BCUT2D eigenvalue weighted by molar-refractivity contribution is 0.0841. The first-order valence-electron chi connectivity index (χ1n) is 8.63. The van der Waals surface area contributed by atoms with E-state index in [-0.39, 0.29) is 0 Å². The van der Waals surface area contributed by atoms with E-state index in [2.05, 4.69) is 27.7 Å². The van der Waals surface area contributed by atoms with Crippen LogP contribution in [0.15, 0.2) is 0 Å². The molecule has 0 amide bonds. The Kier molecular flexibility index (Phi) is 6.86. The minimum Gasteiger partial charge on any atom is -0.330 e. The Morgan fingerprint density at radius 1 is 1.00 bits per heavy atom. The van der Waals surface area contributed by atoms with E-state index in [4.69, 9.17) is 5.73 Å². The van der Waals surface area contributed by atoms with Crippen molar-refractivity contribution >= 4 is 0 Å². The van der Waals surface area contributed by atoms with Gasteiger partial charge in [-0.15, -0.1) is 0 Å². The molecule has 0 aliphatic heterocycles. The van der Waals surface area contributed by atoms with Crippen LogP contribution in [0, 0.1) is 16.7 Å². The van der Waals surface area contributed by atoms with Gasteiger partial charge in [0.25, 0.3) is 0 Å². The fourth-order valence-electron chi connectivity index (χ4n) is 3.76. The molecule has 0 bridgehead atoms. The van der Waals surface area contributed by atoms with Crippen molar-refractivity contribution < 1.29 is 0 Å². The average Bonchev–Trinajstić information content (AvgIpc) is 2.38. The fraction of sp³-hybridized carbons (Fsp3) is 1.00. The molecule has 1 rings (SSSR count). The number of rotatable bonds is 7. The van der Waals surface area contributed by atoms with Crippen LogP contribution in [0.5, 0.6) is 0 Å². The lowest BCUT2D eigenvalue weighted by Gasteiger charge is -2.44. The van der Waals surface area contributed by atoms with Crippen LogP contribution >= 0.6 is 0 Å². The highest BCUT2D eigenvalue weighted by atomic mass is 14.6. The van der Waals surface area contributed by atoms with E-state index in [9.17, 15) is 0 Å². The van der Waals surface area contributed by atoms with Crippen LogP contribution in [0.3, 0.4) is 0 Å². The molecule has 0 aromatic heterocycles. The van der Waals surface area contributed by atoms with Gasteiger partial charge in [0.2, 0.25) is 0 Å². The van der Waals surface area contributed by atoms with E-state index >= 15 is 0 Å². The Balaban J connectivity index is 2.34. The molecular formula is C18H37N. The Bertz CT molecular complexity index is 231. The third kappa shape index (κ3) is 5.45. The molecule has 0 aromatic rings. The van der Waals surface area contributed by atoms with Crippen molar-refractivity contribution in [2.45, 2.75) is 91.9 Å². The van der Waals surface area contributed by atoms with E-state index in [1.54, 1.807) is 0 Å². The molecule has 1 aliphatic rings. The largest absolute Gasteiger partial charge is 0.330 e. The van der Waals surface area contributed by atoms with Gasteiger partial charge in [0.15, 0.2) is 0 Å². The minimum absolute atomic E-state index is 0.488. The van der Waals surface area contributed by atoms with Crippen molar-refractivity contribution in [2.24, 2.45) is 22.5 Å². The molecule has 2 N–H and O–H groups in total. The quantitative estimate of drug-likeness (QED) is 0.603. The molecule has 0 saturated heterocycles. The first kappa shape index (κ1) is 17.0. The highest BCUT2D eigenvalue weighted by molar-refractivity contribution is 4.89. The fourth-order valence-corrected chi connectivity index (χ4v) is 3.76. The molecule has 1 heteroatoms. The summed E-state index contributed by atoms with van der Waals surface area (Å²) in [6.07, 6.45) is 13.9. The van der Waals surface area contributed by atoms with Crippen molar-refractivity contribution in [3.63, 3.8) is 0 Å². The predicted octanol–water partition coefficient (Wildman–Crippen LogP) is 5.53. The van der Waals surface area contributed by atoms with Crippen molar-refractivity contribution in [3.05, 3.63) is 0 Å². The minimum atomic E-state index is 0.488. The maximum atomic E-state index is 6.13. The number of hydrogen-bond acceptors (Lipinski definition) is 1. The SMILES string of the molecule is CCCCCCCC1(CN)CCC(C(C)(C)C)CC1. The zero-order valence-corrected chi connectivity index (χ0v) is 13.9. The highest BCUT2D eigenvalue weighted by Crippen LogP contribution is 2.47. The molecule has 0 radical (unpaired) electrons. The van der Waals surface area contributed by atoms with Crippen molar-refractivity contribution in [2.75, 3.05) is 6.54 Å². The van der Waals surface area contributed by atoms with Crippen LogP contribution in [0.4, 0.5) is 0 Å². The van der Waals surface area contributed by atoms with Crippen LogP contribution in [0.1, 0.15) is 91.9 Å². The summed E-state index contributed by atoms with van der Waals surface area (Å²) < 4.78 is 0. The molecule has 1 aliphatic carbocycles. The van der Waals surface area contributed by atoms with Gasteiger partial charge in [-0.1, -0.05) is 59.8 Å². The van der Waals surface area contributed by atoms with Gasteiger partial charge in [0.05, 0.1) is 0 Å². The molecule has 0 aromatic carbocycles. The molecule has 1 fully saturated rings. The second-order valence-electron chi connectivity index (χ2n) is 8.01. The lowest BCUT2D eigenvalue weighted by Crippen LogP contribution is -2.37. The maximum Gasteiger partial charge on any atom is -0.00205 e. The Morgan fingerprint density at radius 3 is 2.05 bits per heavy atom. The third-order valence-corrected chi connectivity index (χ3v) is 5.51. The Hall–Kier alpha value is -0.0400. The highest BCUT2D eigenvalue weighted by Gasteiger charge is 2.37. The van der Waals surface area contributed by atoms with Gasteiger partial charge in [-0.2, -0.15) is 0 Å². The van der Waals surface area contributed by atoms with Crippen LogP contribution < -0.4 is 5.73 Å². The van der Waals surface area contributed by atoms with Gasteiger partial charge in [-0.25, -0.2) is 0 Å². The van der Waals surface area contributed by atoms with Crippen LogP contribution in [0.25, 0.3) is 0 Å². The van der Waals surface area contributed by atoms with E-state index in [1.165, 1.54) is 64.2 Å². The summed E-state index contributed by atoms with van der Waals surface area (Å²) in [4.78, 5) is 0. The van der Waals surface area contributed by atoms with Gasteiger partial charge in [-0.05, 0) is 55.4 Å². The van der Waals surface area contributed by atoms with E-state index in [0.717, 1.165) is 12.5 Å². The number of unbranched alkanes of at least 4 members (excludes halogenated alkanes) is 4. The third-order valence-electron chi connectivity index (χ3n) is 5.51. The van der Waals surface area contributed by atoms with Gasteiger partial charge < -0.3 is 5.73 Å². The number of nitrogens with two attached hydrogens (primary N) is 1. The molecule has 0 unspecified atom stereocenters. The molecule has 0 spiro atoms. The summed E-state index contributed by atoms with van der Waals surface area (Å²) in [6, 6.07) is 0. The summed E-state index contributed by atoms with van der Waals surface area (Å²) in [6.45, 7) is 10.4. The summed E-state index contributed by atoms with van der Waals surface area (Å²) in [7, 11) is 0. The second-order valence-corrected chi connectivity index (χ2v) is 8.01. The molecule has 19 heavy (non-hydrogen) atoms. The van der Waals surface area contributed by atoms with Crippen molar-refractivity contribution in [1.82, 2.24) is 0 Å². The summed E-state index contributed by atoms with van der Waals surface area (Å²) in [5, 5.41) is 0.